The Hall–Kier alpha value is -1.23. The molecule has 4 nitrogen and oxygen atoms in total. The molecule has 0 saturated heterocycles. The van der Waals surface area contributed by atoms with Gasteiger partial charge in [0.05, 0.1) is 13.7 Å². The Balaban J connectivity index is 3.21. The van der Waals surface area contributed by atoms with Crippen LogP contribution in [0.3, 0.4) is 0 Å². The first-order valence-electron chi connectivity index (χ1n) is 4.40. The van der Waals surface area contributed by atoms with Gasteiger partial charge in [-0.2, -0.15) is 0 Å². The third-order valence-electron chi connectivity index (χ3n) is 1.80. The highest BCUT2D eigenvalue weighted by atomic mass is 79.9. The Morgan fingerprint density at radius 1 is 1.53 bits per heavy atom. The van der Waals surface area contributed by atoms with Crippen LogP contribution in [0.1, 0.15) is 17.3 Å². The molecule has 0 bridgehead atoms. The van der Waals surface area contributed by atoms with E-state index in [-0.39, 0.29) is 0 Å². The first kappa shape index (κ1) is 11.8. The van der Waals surface area contributed by atoms with E-state index in [1.807, 2.05) is 6.92 Å². The zero-order valence-corrected chi connectivity index (χ0v) is 10.1. The molecular formula is C10H12BrNO3. The number of halogens is 1. The van der Waals surface area contributed by atoms with Crippen molar-refractivity contribution in [1.82, 2.24) is 0 Å². The summed E-state index contributed by atoms with van der Waals surface area (Å²) in [5.41, 5.74) is 6.56. The van der Waals surface area contributed by atoms with Crippen LogP contribution < -0.4 is 10.5 Å². The number of nitrogen functional groups attached to an aromatic ring is 1. The second-order valence-electron chi connectivity index (χ2n) is 2.79. The average Bonchev–Trinajstić information content (AvgIpc) is 2.22. The number of anilines is 1. The van der Waals surface area contributed by atoms with Gasteiger partial charge in [-0.3, -0.25) is 0 Å². The minimum absolute atomic E-state index is 0.362. The summed E-state index contributed by atoms with van der Waals surface area (Å²) < 4.78 is 10.6. The summed E-state index contributed by atoms with van der Waals surface area (Å²) in [5, 5.41) is 0. The topological polar surface area (TPSA) is 61.5 Å². The van der Waals surface area contributed by atoms with Crippen molar-refractivity contribution in [2.24, 2.45) is 0 Å². The van der Waals surface area contributed by atoms with E-state index in [1.165, 1.54) is 7.11 Å². The van der Waals surface area contributed by atoms with Crippen molar-refractivity contribution < 1.29 is 14.3 Å². The molecule has 0 spiro atoms. The number of benzene rings is 1. The normalized spacial score (nSPS) is 9.80. The molecule has 0 fully saturated rings. The number of esters is 1. The molecular weight excluding hydrogens is 262 g/mol. The van der Waals surface area contributed by atoms with E-state index >= 15 is 0 Å². The molecule has 0 radical (unpaired) electrons. The largest absolute Gasteiger partial charge is 0.493 e. The zero-order chi connectivity index (χ0) is 11.4. The van der Waals surface area contributed by atoms with Gasteiger partial charge in [-0.1, -0.05) is 0 Å². The fourth-order valence-electron chi connectivity index (χ4n) is 1.11. The summed E-state index contributed by atoms with van der Waals surface area (Å²) in [6, 6.07) is 3.19. The molecule has 5 heteroatoms. The SMILES string of the molecule is CCOc1cc(N)c(Br)cc1C(=O)OC. The van der Waals surface area contributed by atoms with Gasteiger partial charge in [-0.05, 0) is 28.9 Å². The van der Waals surface area contributed by atoms with Crippen LogP contribution in [-0.4, -0.2) is 19.7 Å². The number of carbonyl (C=O) groups excluding carboxylic acids is 1. The molecule has 0 aromatic heterocycles. The van der Waals surface area contributed by atoms with E-state index in [0.717, 1.165) is 0 Å². The van der Waals surface area contributed by atoms with Crippen LogP contribution in [0.5, 0.6) is 5.75 Å². The van der Waals surface area contributed by atoms with Gasteiger partial charge in [0.2, 0.25) is 0 Å². The van der Waals surface area contributed by atoms with Crippen LogP contribution in [0.4, 0.5) is 5.69 Å². The Bertz CT molecular complexity index is 379. The summed E-state index contributed by atoms with van der Waals surface area (Å²) >= 11 is 3.24. The van der Waals surface area contributed by atoms with Crippen molar-refractivity contribution >= 4 is 27.6 Å². The lowest BCUT2D eigenvalue weighted by Gasteiger charge is -2.10. The molecule has 0 amide bonds. The van der Waals surface area contributed by atoms with Crippen molar-refractivity contribution in [2.75, 3.05) is 19.5 Å². The van der Waals surface area contributed by atoms with Crippen molar-refractivity contribution in [2.45, 2.75) is 6.92 Å². The van der Waals surface area contributed by atoms with Gasteiger partial charge in [0, 0.05) is 16.2 Å². The molecule has 0 aliphatic heterocycles. The second kappa shape index (κ2) is 5.02. The fraction of sp³-hybridized carbons (Fsp3) is 0.300. The molecule has 0 saturated carbocycles. The molecule has 82 valence electrons. The molecule has 1 aromatic carbocycles. The number of nitrogens with two attached hydrogens (primary N) is 1. The van der Waals surface area contributed by atoms with Crippen molar-refractivity contribution in [3.8, 4) is 5.75 Å². The lowest BCUT2D eigenvalue weighted by molar-refractivity contribution is 0.0596. The Morgan fingerprint density at radius 3 is 2.73 bits per heavy atom. The predicted octanol–water partition coefficient (Wildman–Crippen LogP) is 2.22. The van der Waals surface area contributed by atoms with Crippen molar-refractivity contribution in [1.29, 1.82) is 0 Å². The third kappa shape index (κ3) is 2.62. The van der Waals surface area contributed by atoms with E-state index in [1.54, 1.807) is 12.1 Å². The van der Waals surface area contributed by atoms with Gasteiger partial charge in [0.1, 0.15) is 11.3 Å². The van der Waals surface area contributed by atoms with Gasteiger partial charge < -0.3 is 15.2 Å². The van der Waals surface area contributed by atoms with Crippen LogP contribution in [0.15, 0.2) is 16.6 Å². The number of hydrogen-bond donors (Lipinski definition) is 1. The highest BCUT2D eigenvalue weighted by Gasteiger charge is 2.15. The number of methoxy groups -OCH3 is 1. The lowest BCUT2D eigenvalue weighted by Crippen LogP contribution is -2.06. The van der Waals surface area contributed by atoms with E-state index < -0.39 is 5.97 Å². The summed E-state index contributed by atoms with van der Waals surface area (Å²) in [4.78, 5) is 11.4. The molecule has 0 atom stereocenters. The summed E-state index contributed by atoms with van der Waals surface area (Å²) in [6.07, 6.45) is 0. The molecule has 0 heterocycles. The van der Waals surface area contributed by atoms with Gasteiger partial charge in [0.25, 0.3) is 0 Å². The summed E-state index contributed by atoms with van der Waals surface area (Å²) in [7, 11) is 1.32. The minimum atomic E-state index is -0.445. The van der Waals surface area contributed by atoms with E-state index in [4.69, 9.17) is 10.5 Å². The standard InChI is InChI=1S/C10H12BrNO3/c1-3-15-9-5-8(12)7(11)4-6(9)10(13)14-2/h4-5H,3,12H2,1-2H3. The van der Waals surface area contributed by atoms with Gasteiger partial charge in [0.15, 0.2) is 0 Å². The predicted molar refractivity (Wildman–Crippen MR) is 61.1 cm³/mol. The first-order valence-corrected chi connectivity index (χ1v) is 5.19. The maximum atomic E-state index is 11.4. The molecule has 1 rings (SSSR count). The Labute approximate surface area is 96.5 Å². The van der Waals surface area contributed by atoms with Crippen LogP contribution in [-0.2, 0) is 4.74 Å². The monoisotopic (exact) mass is 273 g/mol. The summed E-state index contributed by atoms with van der Waals surface area (Å²) in [5.74, 6) is -0.0100. The number of hydrogen-bond acceptors (Lipinski definition) is 4. The Kier molecular flexibility index (Phi) is 3.96. The molecule has 15 heavy (non-hydrogen) atoms. The quantitative estimate of drug-likeness (QED) is 0.678. The smallest absolute Gasteiger partial charge is 0.341 e. The van der Waals surface area contributed by atoms with E-state index in [2.05, 4.69) is 20.7 Å². The zero-order valence-electron chi connectivity index (χ0n) is 8.54. The van der Waals surface area contributed by atoms with Crippen LogP contribution >= 0.6 is 15.9 Å². The average molecular weight is 274 g/mol. The van der Waals surface area contributed by atoms with Crippen molar-refractivity contribution in [3.63, 3.8) is 0 Å². The highest BCUT2D eigenvalue weighted by Crippen LogP contribution is 2.29. The second-order valence-corrected chi connectivity index (χ2v) is 3.65. The van der Waals surface area contributed by atoms with E-state index in [0.29, 0.717) is 28.1 Å². The minimum Gasteiger partial charge on any atom is -0.493 e. The lowest BCUT2D eigenvalue weighted by atomic mass is 10.2. The molecule has 0 aliphatic rings. The van der Waals surface area contributed by atoms with Crippen LogP contribution in [0, 0.1) is 0 Å². The number of carbonyl (C=O) groups is 1. The van der Waals surface area contributed by atoms with Crippen LogP contribution in [0.2, 0.25) is 0 Å². The molecule has 2 N–H and O–H groups in total. The highest BCUT2D eigenvalue weighted by molar-refractivity contribution is 9.10. The maximum absolute atomic E-state index is 11.4. The number of ether oxygens (including phenoxy) is 2. The van der Waals surface area contributed by atoms with Gasteiger partial charge in [-0.25, -0.2) is 4.79 Å². The molecule has 0 unspecified atom stereocenters. The molecule has 1 aromatic rings. The fourth-order valence-corrected chi connectivity index (χ4v) is 1.46. The third-order valence-corrected chi connectivity index (χ3v) is 2.49. The van der Waals surface area contributed by atoms with Crippen LogP contribution in [0.25, 0.3) is 0 Å². The maximum Gasteiger partial charge on any atom is 0.341 e. The van der Waals surface area contributed by atoms with E-state index in [9.17, 15) is 4.79 Å². The van der Waals surface area contributed by atoms with Crippen molar-refractivity contribution in [3.05, 3.63) is 22.2 Å². The van der Waals surface area contributed by atoms with Gasteiger partial charge >= 0.3 is 5.97 Å². The van der Waals surface area contributed by atoms with Gasteiger partial charge in [-0.15, -0.1) is 0 Å². The molecule has 0 aliphatic carbocycles. The first-order chi connectivity index (χ1) is 7.10. The Morgan fingerprint density at radius 2 is 2.20 bits per heavy atom. The summed E-state index contributed by atoms with van der Waals surface area (Å²) in [6.45, 7) is 2.30. The number of rotatable bonds is 3.